The Kier molecular flexibility index (Phi) is 12.6. The summed E-state index contributed by atoms with van der Waals surface area (Å²) >= 11 is 5.26. The van der Waals surface area contributed by atoms with Crippen molar-refractivity contribution in [2.45, 2.75) is 71.1 Å². The molecule has 20 heavy (non-hydrogen) atoms. The first-order valence-electron chi connectivity index (χ1n) is 7.55. The minimum atomic E-state index is -0.291. The quantitative estimate of drug-likeness (QED) is 0.213. The van der Waals surface area contributed by atoms with Crippen molar-refractivity contribution in [2.24, 2.45) is 0 Å². The predicted octanol–water partition coefficient (Wildman–Crippen LogP) is 4.77. The SMILES string of the molecule is C=C(C)C(=O)OCCCCCCCCCCCC(=O)Cl. The number of carbonyl (C=O) groups excluding carboxylic acids is 2. The molecule has 4 heteroatoms. The molecular weight excluding hydrogens is 276 g/mol. The first kappa shape index (κ1) is 19.2. The molecule has 0 unspecified atom stereocenters. The standard InChI is InChI=1S/C16H27ClO3/c1-14(2)16(19)20-13-11-9-7-5-3-4-6-8-10-12-15(17)18/h1,3-13H2,2H3. The third-order valence-corrected chi connectivity index (χ3v) is 3.29. The molecule has 0 N–H and O–H groups in total. The van der Waals surface area contributed by atoms with Crippen LogP contribution in [0.4, 0.5) is 0 Å². The molecule has 0 aliphatic rings. The molecule has 0 aromatic carbocycles. The lowest BCUT2D eigenvalue weighted by Crippen LogP contribution is -2.05. The summed E-state index contributed by atoms with van der Waals surface area (Å²) in [6.07, 6.45) is 10.6. The van der Waals surface area contributed by atoms with Gasteiger partial charge in [-0.2, -0.15) is 0 Å². The third kappa shape index (κ3) is 13.6. The van der Waals surface area contributed by atoms with Crippen LogP contribution in [-0.2, 0) is 14.3 Å². The van der Waals surface area contributed by atoms with Crippen LogP contribution in [0.2, 0.25) is 0 Å². The Morgan fingerprint density at radius 3 is 1.80 bits per heavy atom. The van der Waals surface area contributed by atoms with Gasteiger partial charge in [0.15, 0.2) is 0 Å². The number of esters is 1. The minimum absolute atomic E-state index is 0.225. The van der Waals surface area contributed by atoms with Crippen molar-refractivity contribution >= 4 is 22.8 Å². The summed E-state index contributed by atoms with van der Waals surface area (Å²) in [6, 6.07) is 0. The van der Waals surface area contributed by atoms with Crippen LogP contribution in [-0.4, -0.2) is 17.8 Å². The van der Waals surface area contributed by atoms with Gasteiger partial charge < -0.3 is 4.74 Å². The second-order valence-electron chi connectivity index (χ2n) is 5.20. The van der Waals surface area contributed by atoms with Gasteiger partial charge >= 0.3 is 5.97 Å². The molecule has 0 saturated carbocycles. The summed E-state index contributed by atoms with van der Waals surface area (Å²) < 4.78 is 5.02. The molecule has 0 bridgehead atoms. The van der Waals surface area contributed by atoms with E-state index >= 15 is 0 Å². The van der Waals surface area contributed by atoms with Crippen molar-refractivity contribution in [2.75, 3.05) is 6.61 Å². The van der Waals surface area contributed by atoms with Gasteiger partial charge in [-0.05, 0) is 31.4 Å². The largest absolute Gasteiger partial charge is 0.462 e. The van der Waals surface area contributed by atoms with Crippen LogP contribution in [0.3, 0.4) is 0 Å². The summed E-state index contributed by atoms with van der Waals surface area (Å²) in [6.45, 7) is 5.69. The Balaban J connectivity index is 3.12. The van der Waals surface area contributed by atoms with E-state index in [0.29, 0.717) is 18.6 Å². The van der Waals surface area contributed by atoms with Crippen LogP contribution < -0.4 is 0 Å². The Bertz CT molecular complexity index is 300. The van der Waals surface area contributed by atoms with Gasteiger partial charge in [0.1, 0.15) is 0 Å². The molecule has 0 aromatic heterocycles. The highest BCUT2D eigenvalue weighted by Crippen LogP contribution is 2.11. The summed E-state index contributed by atoms with van der Waals surface area (Å²) in [7, 11) is 0. The van der Waals surface area contributed by atoms with E-state index in [0.717, 1.165) is 25.7 Å². The molecule has 0 fully saturated rings. The zero-order valence-corrected chi connectivity index (χ0v) is 13.3. The molecular formula is C16H27ClO3. The van der Waals surface area contributed by atoms with Gasteiger partial charge in [0, 0.05) is 12.0 Å². The Morgan fingerprint density at radius 2 is 1.35 bits per heavy atom. The van der Waals surface area contributed by atoms with Crippen LogP contribution in [0.1, 0.15) is 71.1 Å². The van der Waals surface area contributed by atoms with Gasteiger partial charge in [-0.1, -0.05) is 51.5 Å². The molecule has 0 heterocycles. The van der Waals surface area contributed by atoms with E-state index in [1.54, 1.807) is 6.92 Å². The van der Waals surface area contributed by atoms with Crippen LogP contribution in [0.5, 0.6) is 0 Å². The molecule has 116 valence electrons. The minimum Gasteiger partial charge on any atom is -0.462 e. The second-order valence-corrected chi connectivity index (χ2v) is 5.62. The zero-order chi connectivity index (χ0) is 15.2. The van der Waals surface area contributed by atoms with Gasteiger partial charge in [-0.3, -0.25) is 4.79 Å². The van der Waals surface area contributed by atoms with E-state index in [2.05, 4.69) is 6.58 Å². The molecule has 0 radical (unpaired) electrons. The lowest BCUT2D eigenvalue weighted by Gasteiger charge is -2.04. The van der Waals surface area contributed by atoms with Gasteiger partial charge in [0.2, 0.25) is 5.24 Å². The number of hydrogen-bond donors (Lipinski definition) is 0. The van der Waals surface area contributed by atoms with Crippen LogP contribution >= 0.6 is 11.6 Å². The number of halogens is 1. The smallest absolute Gasteiger partial charge is 0.333 e. The van der Waals surface area contributed by atoms with Crippen molar-refractivity contribution in [1.29, 1.82) is 0 Å². The van der Waals surface area contributed by atoms with E-state index in [1.165, 1.54) is 32.1 Å². The highest BCUT2D eigenvalue weighted by Gasteiger charge is 2.01. The first-order valence-corrected chi connectivity index (χ1v) is 7.93. The predicted molar refractivity (Wildman–Crippen MR) is 82.8 cm³/mol. The van der Waals surface area contributed by atoms with Crippen molar-refractivity contribution in [1.82, 2.24) is 0 Å². The number of hydrogen-bond acceptors (Lipinski definition) is 3. The summed E-state index contributed by atoms with van der Waals surface area (Å²) in [5.41, 5.74) is 0.459. The first-order chi connectivity index (χ1) is 9.54. The number of rotatable bonds is 13. The molecule has 0 aromatic rings. The fraction of sp³-hybridized carbons (Fsp3) is 0.750. The second kappa shape index (κ2) is 13.2. The van der Waals surface area contributed by atoms with Crippen molar-refractivity contribution < 1.29 is 14.3 Å². The monoisotopic (exact) mass is 302 g/mol. The fourth-order valence-electron chi connectivity index (χ4n) is 1.89. The normalized spacial score (nSPS) is 10.3. The van der Waals surface area contributed by atoms with Crippen molar-refractivity contribution in [3.8, 4) is 0 Å². The number of unbranched alkanes of at least 4 members (excludes halogenated alkanes) is 8. The lowest BCUT2D eigenvalue weighted by molar-refractivity contribution is -0.139. The van der Waals surface area contributed by atoms with Gasteiger partial charge in [-0.15, -0.1) is 0 Å². The molecule has 0 atom stereocenters. The summed E-state index contributed by atoms with van der Waals surface area (Å²) in [5.74, 6) is -0.291. The third-order valence-electron chi connectivity index (χ3n) is 3.10. The number of ether oxygens (including phenoxy) is 1. The van der Waals surface area contributed by atoms with Gasteiger partial charge in [0.05, 0.1) is 6.61 Å². The summed E-state index contributed by atoms with van der Waals surface area (Å²) in [5, 5.41) is -0.225. The lowest BCUT2D eigenvalue weighted by atomic mass is 10.1. The van der Waals surface area contributed by atoms with Crippen LogP contribution in [0, 0.1) is 0 Å². The van der Waals surface area contributed by atoms with Crippen molar-refractivity contribution in [3.63, 3.8) is 0 Å². The Morgan fingerprint density at radius 1 is 0.900 bits per heavy atom. The Labute approximate surface area is 127 Å². The van der Waals surface area contributed by atoms with Gasteiger partial charge in [-0.25, -0.2) is 4.79 Å². The summed E-state index contributed by atoms with van der Waals surface area (Å²) in [4.78, 5) is 21.6. The maximum atomic E-state index is 11.1. The average Bonchev–Trinajstić information content (AvgIpc) is 2.39. The maximum absolute atomic E-state index is 11.1. The van der Waals surface area contributed by atoms with Crippen LogP contribution in [0.25, 0.3) is 0 Å². The molecule has 0 aliphatic heterocycles. The fourth-order valence-corrected chi connectivity index (χ4v) is 2.03. The van der Waals surface area contributed by atoms with E-state index < -0.39 is 0 Å². The van der Waals surface area contributed by atoms with E-state index in [4.69, 9.17) is 16.3 Å². The van der Waals surface area contributed by atoms with Gasteiger partial charge in [0.25, 0.3) is 0 Å². The molecule has 0 spiro atoms. The number of carbonyl (C=O) groups is 2. The van der Waals surface area contributed by atoms with Crippen molar-refractivity contribution in [3.05, 3.63) is 12.2 Å². The Hall–Kier alpha value is -0.830. The highest BCUT2D eigenvalue weighted by molar-refractivity contribution is 6.63. The molecule has 0 rings (SSSR count). The molecule has 3 nitrogen and oxygen atoms in total. The highest BCUT2D eigenvalue weighted by atomic mass is 35.5. The topological polar surface area (TPSA) is 43.4 Å². The molecule has 0 saturated heterocycles. The van der Waals surface area contributed by atoms with Crippen LogP contribution in [0.15, 0.2) is 12.2 Å². The van der Waals surface area contributed by atoms with E-state index in [9.17, 15) is 9.59 Å². The molecule has 0 aliphatic carbocycles. The zero-order valence-electron chi connectivity index (χ0n) is 12.6. The van der Waals surface area contributed by atoms with E-state index in [-0.39, 0.29) is 11.2 Å². The van der Waals surface area contributed by atoms with E-state index in [1.807, 2.05) is 0 Å². The maximum Gasteiger partial charge on any atom is 0.333 e. The average molecular weight is 303 g/mol. The molecule has 0 amide bonds.